The van der Waals surface area contributed by atoms with E-state index in [4.69, 9.17) is 11.6 Å². The Morgan fingerprint density at radius 1 is 1.18 bits per heavy atom. The fraction of sp³-hybridized carbons (Fsp3) is 0.286. The van der Waals surface area contributed by atoms with E-state index >= 15 is 0 Å². The Balaban J connectivity index is 2.27. The van der Waals surface area contributed by atoms with E-state index in [0.717, 1.165) is 12.1 Å². The van der Waals surface area contributed by atoms with E-state index in [2.05, 4.69) is 20.6 Å². The van der Waals surface area contributed by atoms with Gasteiger partial charge >= 0.3 is 6.18 Å². The lowest BCUT2D eigenvalue weighted by Gasteiger charge is -2.13. The molecule has 2 aromatic rings. The fourth-order valence-corrected chi connectivity index (χ4v) is 1.88. The van der Waals surface area contributed by atoms with Crippen LogP contribution in [0.5, 0.6) is 0 Å². The molecule has 2 N–H and O–H groups in total. The topological polar surface area (TPSA) is 49.8 Å². The first-order chi connectivity index (χ1) is 10.3. The van der Waals surface area contributed by atoms with E-state index in [-0.39, 0.29) is 22.7 Å². The zero-order valence-corrected chi connectivity index (χ0v) is 12.6. The van der Waals surface area contributed by atoms with Crippen molar-refractivity contribution in [2.45, 2.75) is 26.1 Å². The van der Waals surface area contributed by atoms with E-state index in [9.17, 15) is 13.2 Å². The van der Waals surface area contributed by atoms with Gasteiger partial charge in [0.05, 0.1) is 16.3 Å². The summed E-state index contributed by atoms with van der Waals surface area (Å²) in [6.45, 7) is 3.89. The quantitative estimate of drug-likeness (QED) is 0.852. The van der Waals surface area contributed by atoms with Crippen LogP contribution >= 0.6 is 11.6 Å². The van der Waals surface area contributed by atoms with Gasteiger partial charge in [-0.2, -0.15) is 18.2 Å². The second-order valence-electron chi connectivity index (χ2n) is 4.88. The number of halogens is 4. The minimum Gasteiger partial charge on any atom is -0.368 e. The third kappa shape index (κ3) is 4.24. The van der Waals surface area contributed by atoms with Crippen molar-refractivity contribution in [3.8, 4) is 0 Å². The molecule has 22 heavy (non-hydrogen) atoms. The molecule has 0 saturated carbocycles. The summed E-state index contributed by atoms with van der Waals surface area (Å²) >= 11 is 5.92. The van der Waals surface area contributed by atoms with Gasteiger partial charge in [-0.3, -0.25) is 0 Å². The third-order valence-corrected chi connectivity index (χ3v) is 2.96. The molecule has 0 fully saturated rings. The minimum atomic E-state index is -4.44. The second kappa shape index (κ2) is 6.39. The first kappa shape index (κ1) is 16.4. The molecular weight excluding hydrogens is 317 g/mol. The molecule has 0 aliphatic rings. The number of alkyl halides is 3. The molecule has 0 aliphatic heterocycles. The van der Waals surface area contributed by atoms with Crippen LogP contribution in [0.4, 0.5) is 30.6 Å². The van der Waals surface area contributed by atoms with Crippen molar-refractivity contribution < 1.29 is 13.2 Å². The maximum absolute atomic E-state index is 12.7. The summed E-state index contributed by atoms with van der Waals surface area (Å²) in [6.07, 6.45) is -2.94. The Morgan fingerprint density at radius 3 is 2.55 bits per heavy atom. The molecule has 4 nitrogen and oxygen atoms in total. The van der Waals surface area contributed by atoms with Crippen LogP contribution in [0.1, 0.15) is 19.4 Å². The molecule has 0 atom stereocenters. The van der Waals surface area contributed by atoms with Crippen molar-refractivity contribution >= 4 is 29.1 Å². The molecule has 0 unspecified atom stereocenters. The van der Waals surface area contributed by atoms with Gasteiger partial charge in [0.1, 0.15) is 5.82 Å². The van der Waals surface area contributed by atoms with E-state index in [1.54, 1.807) is 6.07 Å². The molecular formula is C14H14ClF3N4. The number of benzene rings is 1. The van der Waals surface area contributed by atoms with Gasteiger partial charge in [0, 0.05) is 12.2 Å². The number of nitrogens with one attached hydrogen (secondary N) is 2. The van der Waals surface area contributed by atoms with Gasteiger partial charge in [0.15, 0.2) is 0 Å². The summed E-state index contributed by atoms with van der Waals surface area (Å²) in [4.78, 5) is 8.14. The molecule has 8 heteroatoms. The van der Waals surface area contributed by atoms with Gasteiger partial charge in [-0.25, -0.2) is 4.98 Å². The Hall–Kier alpha value is -2.02. The molecule has 0 radical (unpaired) electrons. The molecule has 0 amide bonds. The summed E-state index contributed by atoms with van der Waals surface area (Å²) in [5.41, 5.74) is -0.700. The van der Waals surface area contributed by atoms with Crippen molar-refractivity contribution in [2.75, 3.05) is 10.6 Å². The Morgan fingerprint density at radius 2 is 1.91 bits per heavy atom. The van der Waals surface area contributed by atoms with Crippen molar-refractivity contribution in [3.05, 3.63) is 41.0 Å². The average molecular weight is 331 g/mol. The van der Waals surface area contributed by atoms with E-state index in [1.165, 1.54) is 12.3 Å². The minimum absolute atomic E-state index is 0.0955. The van der Waals surface area contributed by atoms with E-state index in [1.807, 2.05) is 13.8 Å². The van der Waals surface area contributed by atoms with Gasteiger partial charge < -0.3 is 10.6 Å². The fourth-order valence-electron chi connectivity index (χ4n) is 1.71. The van der Waals surface area contributed by atoms with Crippen LogP contribution in [-0.2, 0) is 6.18 Å². The number of rotatable bonds is 4. The highest BCUT2D eigenvalue weighted by molar-refractivity contribution is 6.33. The third-order valence-electron chi connectivity index (χ3n) is 2.63. The van der Waals surface area contributed by atoms with Gasteiger partial charge in [0.25, 0.3) is 0 Å². The molecule has 118 valence electrons. The normalized spacial score (nSPS) is 11.6. The summed E-state index contributed by atoms with van der Waals surface area (Å²) in [7, 11) is 0. The van der Waals surface area contributed by atoms with Gasteiger partial charge in [0.2, 0.25) is 5.95 Å². The number of aromatic nitrogens is 2. The molecule has 1 heterocycles. The zero-order chi connectivity index (χ0) is 16.3. The lowest BCUT2D eigenvalue weighted by atomic mass is 10.2. The maximum atomic E-state index is 12.7. The lowest BCUT2D eigenvalue weighted by Crippen LogP contribution is -2.12. The van der Waals surface area contributed by atoms with Crippen LogP contribution in [-0.4, -0.2) is 16.0 Å². The summed E-state index contributed by atoms with van der Waals surface area (Å²) in [6, 6.07) is 4.86. The Bertz CT molecular complexity index is 659. The Kier molecular flexibility index (Phi) is 4.75. The number of hydrogen-bond acceptors (Lipinski definition) is 4. The number of anilines is 3. The maximum Gasteiger partial charge on any atom is 0.416 e. The Labute approximate surface area is 130 Å². The summed E-state index contributed by atoms with van der Waals surface area (Å²) in [5, 5.41) is 5.93. The first-order valence-corrected chi connectivity index (χ1v) is 6.87. The van der Waals surface area contributed by atoms with Crippen LogP contribution in [0, 0.1) is 0 Å². The number of nitrogens with zero attached hydrogens (tertiary/aromatic N) is 2. The smallest absolute Gasteiger partial charge is 0.368 e. The lowest BCUT2D eigenvalue weighted by molar-refractivity contribution is -0.137. The van der Waals surface area contributed by atoms with Crippen LogP contribution in [0.3, 0.4) is 0 Å². The van der Waals surface area contributed by atoms with Crippen LogP contribution < -0.4 is 10.6 Å². The highest BCUT2D eigenvalue weighted by Gasteiger charge is 2.31. The van der Waals surface area contributed by atoms with Crippen LogP contribution in [0.15, 0.2) is 30.5 Å². The second-order valence-corrected chi connectivity index (χ2v) is 5.29. The molecule has 0 bridgehead atoms. The van der Waals surface area contributed by atoms with Gasteiger partial charge in [-0.1, -0.05) is 11.6 Å². The first-order valence-electron chi connectivity index (χ1n) is 6.49. The molecule has 2 rings (SSSR count). The number of hydrogen-bond donors (Lipinski definition) is 2. The van der Waals surface area contributed by atoms with Crippen molar-refractivity contribution in [1.29, 1.82) is 0 Å². The molecule has 1 aromatic carbocycles. The van der Waals surface area contributed by atoms with Crippen LogP contribution in [0.25, 0.3) is 0 Å². The van der Waals surface area contributed by atoms with Gasteiger partial charge in [-0.15, -0.1) is 0 Å². The van der Waals surface area contributed by atoms with Gasteiger partial charge in [-0.05, 0) is 38.1 Å². The highest BCUT2D eigenvalue weighted by Crippen LogP contribution is 2.34. The zero-order valence-electron chi connectivity index (χ0n) is 11.9. The highest BCUT2D eigenvalue weighted by atomic mass is 35.5. The molecule has 0 saturated heterocycles. The molecule has 1 aromatic heterocycles. The summed E-state index contributed by atoms with van der Waals surface area (Å²) in [5.74, 6) is 0.725. The van der Waals surface area contributed by atoms with E-state index in [0.29, 0.717) is 5.82 Å². The molecule has 0 aliphatic carbocycles. The largest absolute Gasteiger partial charge is 0.416 e. The SMILES string of the molecule is CC(C)Nc1ccnc(Nc2cc(C(F)(F)F)ccc2Cl)n1. The predicted molar refractivity (Wildman–Crippen MR) is 80.5 cm³/mol. The van der Waals surface area contributed by atoms with Crippen LogP contribution in [0.2, 0.25) is 5.02 Å². The average Bonchev–Trinajstić information content (AvgIpc) is 2.39. The molecule has 0 spiro atoms. The van der Waals surface area contributed by atoms with Crippen molar-refractivity contribution in [2.24, 2.45) is 0 Å². The monoisotopic (exact) mass is 330 g/mol. The van der Waals surface area contributed by atoms with Crippen molar-refractivity contribution in [3.63, 3.8) is 0 Å². The summed E-state index contributed by atoms with van der Waals surface area (Å²) < 4.78 is 38.2. The van der Waals surface area contributed by atoms with Crippen molar-refractivity contribution in [1.82, 2.24) is 9.97 Å². The predicted octanol–water partition coefficient (Wildman–Crippen LogP) is 4.71. The van der Waals surface area contributed by atoms with E-state index < -0.39 is 11.7 Å². The standard InChI is InChI=1S/C14H14ClF3N4/c1-8(2)20-12-5-6-19-13(22-12)21-11-7-9(14(16,17)18)3-4-10(11)15/h3-8H,1-2H3,(H2,19,20,21,22).